The van der Waals surface area contributed by atoms with Gasteiger partial charge in [0.05, 0.1) is 0 Å². The summed E-state index contributed by atoms with van der Waals surface area (Å²) in [7, 11) is 0. The largest absolute Gasteiger partial charge is 0.324 e. The van der Waals surface area contributed by atoms with E-state index in [0.717, 1.165) is 24.1 Å². The van der Waals surface area contributed by atoms with Crippen molar-refractivity contribution in [2.45, 2.75) is 25.8 Å². The van der Waals surface area contributed by atoms with Crippen molar-refractivity contribution in [3.05, 3.63) is 52.0 Å². The SMILES string of the molecule is Cc1ccc(C(N)CCc2cccs2)cn1. The Kier molecular flexibility index (Phi) is 3.70. The lowest BCUT2D eigenvalue weighted by Crippen LogP contribution is -2.11. The minimum Gasteiger partial charge on any atom is -0.324 e. The summed E-state index contributed by atoms with van der Waals surface area (Å²) in [6, 6.07) is 8.42. The molecule has 0 aliphatic heterocycles. The van der Waals surface area contributed by atoms with Crippen LogP contribution in [0.15, 0.2) is 35.8 Å². The summed E-state index contributed by atoms with van der Waals surface area (Å²) in [5, 5.41) is 2.11. The lowest BCUT2D eigenvalue weighted by molar-refractivity contribution is 0.652. The van der Waals surface area contributed by atoms with Gasteiger partial charge in [-0.25, -0.2) is 0 Å². The number of nitrogens with two attached hydrogens (primary N) is 1. The van der Waals surface area contributed by atoms with E-state index in [1.165, 1.54) is 4.88 Å². The van der Waals surface area contributed by atoms with Crippen molar-refractivity contribution in [3.63, 3.8) is 0 Å². The first-order valence-corrected chi connectivity index (χ1v) is 6.34. The Balaban J connectivity index is 1.93. The molecule has 0 fully saturated rings. The maximum Gasteiger partial charge on any atom is 0.0372 e. The number of hydrogen-bond donors (Lipinski definition) is 1. The third-order valence-electron chi connectivity index (χ3n) is 2.64. The van der Waals surface area contributed by atoms with Crippen LogP contribution in [0, 0.1) is 6.92 Å². The molecular formula is C13H16N2S. The van der Waals surface area contributed by atoms with Gasteiger partial charge in [-0.1, -0.05) is 12.1 Å². The zero-order valence-electron chi connectivity index (χ0n) is 9.39. The van der Waals surface area contributed by atoms with E-state index in [4.69, 9.17) is 5.73 Å². The molecule has 2 aromatic heterocycles. The quantitative estimate of drug-likeness (QED) is 0.879. The molecule has 3 heteroatoms. The van der Waals surface area contributed by atoms with Gasteiger partial charge in [0.1, 0.15) is 0 Å². The Morgan fingerprint density at radius 3 is 2.88 bits per heavy atom. The van der Waals surface area contributed by atoms with Crippen LogP contribution < -0.4 is 5.73 Å². The third kappa shape index (κ3) is 2.90. The van der Waals surface area contributed by atoms with Crippen LogP contribution in [-0.2, 0) is 6.42 Å². The standard InChI is InChI=1S/C13H16N2S/c1-10-4-5-11(9-15-10)13(14)7-6-12-3-2-8-16-12/h2-5,8-9,13H,6-7,14H2,1H3. The second kappa shape index (κ2) is 5.23. The fourth-order valence-corrected chi connectivity index (χ4v) is 2.34. The average Bonchev–Trinajstić information content (AvgIpc) is 2.80. The molecule has 2 aromatic rings. The minimum absolute atomic E-state index is 0.0928. The Hall–Kier alpha value is -1.19. The molecule has 2 N–H and O–H groups in total. The molecular weight excluding hydrogens is 216 g/mol. The predicted molar refractivity (Wildman–Crippen MR) is 68.5 cm³/mol. The van der Waals surface area contributed by atoms with Gasteiger partial charge in [0.2, 0.25) is 0 Å². The van der Waals surface area contributed by atoms with Gasteiger partial charge in [-0.3, -0.25) is 4.98 Å². The highest BCUT2D eigenvalue weighted by molar-refractivity contribution is 7.09. The maximum atomic E-state index is 6.13. The van der Waals surface area contributed by atoms with Gasteiger partial charge in [-0.15, -0.1) is 11.3 Å². The van der Waals surface area contributed by atoms with E-state index in [0.29, 0.717) is 0 Å². The number of pyridine rings is 1. The van der Waals surface area contributed by atoms with Crippen LogP contribution in [0.3, 0.4) is 0 Å². The Labute approximate surface area is 100 Å². The summed E-state index contributed by atoms with van der Waals surface area (Å²) < 4.78 is 0. The van der Waals surface area contributed by atoms with E-state index in [9.17, 15) is 0 Å². The molecule has 16 heavy (non-hydrogen) atoms. The zero-order valence-corrected chi connectivity index (χ0v) is 10.2. The Bertz CT molecular complexity index is 420. The smallest absolute Gasteiger partial charge is 0.0372 e. The number of nitrogens with zero attached hydrogens (tertiary/aromatic N) is 1. The van der Waals surface area contributed by atoms with Crippen molar-refractivity contribution in [1.29, 1.82) is 0 Å². The molecule has 0 bridgehead atoms. The molecule has 0 spiro atoms. The fourth-order valence-electron chi connectivity index (χ4n) is 1.62. The van der Waals surface area contributed by atoms with E-state index in [1.807, 2.05) is 19.2 Å². The van der Waals surface area contributed by atoms with Crippen molar-refractivity contribution < 1.29 is 0 Å². The second-order valence-electron chi connectivity index (χ2n) is 3.96. The Morgan fingerprint density at radius 1 is 1.38 bits per heavy atom. The van der Waals surface area contributed by atoms with Crippen LogP contribution in [-0.4, -0.2) is 4.98 Å². The summed E-state index contributed by atoms with van der Waals surface area (Å²) in [5.74, 6) is 0. The van der Waals surface area contributed by atoms with E-state index in [1.54, 1.807) is 11.3 Å². The highest BCUT2D eigenvalue weighted by Gasteiger charge is 2.06. The molecule has 0 aliphatic rings. The van der Waals surface area contributed by atoms with Crippen LogP contribution in [0.4, 0.5) is 0 Å². The fraction of sp³-hybridized carbons (Fsp3) is 0.308. The first-order chi connectivity index (χ1) is 7.75. The molecule has 2 heterocycles. The maximum absolute atomic E-state index is 6.13. The number of aryl methyl sites for hydroxylation is 2. The monoisotopic (exact) mass is 232 g/mol. The first kappa shape index (κ1) is 11.3. The average molecular weight is 232 g/mol. The van der Waals surface area contributed by atoms with E-state index < -0.39 is 0 Å². The van der Waals surface area contributed by atoms with E-state index in [2.05, 4.69) is 28.6 Å². The van der Waals surface area contributed by atoms with Gasteiger partial charge in [-0.05, 0) is 42.8 Å². The highest BCUT2D eigenvalue weighted by Crippen LogP contribution is 2.18. The molecule has 2 nitrogen and oxygen atoms in total. The molecule has 0 amide bonds. The molecule has 1 unspecified atom stereocenters. The van der Waals surface area contributed by atoms with Crippen LogP contribution in [0.2, 0.25) is 0 Å². The normalized spacial score (nSPS) is 12.6. The van der Waals surface area contributed by atoms with Crippen molar-refractivity contribution in [1.82, 2.24) is 4.98 Å². The van der Waals surface area contributed by atoms with Crippen molar-refractivity contribution in [3.8, 4) is 0 Å². The number of aromatic nitrogens is 1. The summed E-state index contributed by atoms with van der Waals surface area (Å²) in [4.78, 5) is 5.67. The van der Waals surface area contributed by atoms with Gasteiger partial charge in [0.25, 0.3) is 0 Å². The molecule has 1 atom stereocenters. The molecule has 0 aliphatic carbocycles. The molecule has 0 saturated carbocycles. The van der Waals surface area contributed by atoms with Crippen LogP contribution in [0.25, 0.3) is 0 Å². The lowest BCUT2D eigenvalue weighted by atomic mass is 10.0. The second-order valence-corrected chi connectivity index (χ2v) is 4.99. The molecule has 0 saturated heterocycles. The first-order valence-electron chi connectivity index (χ1n) is 5.46. The molecule has 2 rings (SSSR count). The van der Waals surface area contributed by atoms with Crippen LogP contribution in [0.5, 0.6) is 0 Å². The van der Waals surface area contributed by atoms with Crippen LogP contribution >= 0.6 is 11.3 Å². The molecule has 0 aromatic carbocycles. The lowest BCUT2D eigenvalue weighted by Gasteiger charge is -2.10. The van der Waals surface area contributed by atoms with Crippen molar-refractivity contribution >= 4 is 11.3 Å². The third-order valence-corrected chi connectivity index (χ3v) is 3.58. The highest BCUT2D eigenvalue weighted by atomic mass is 32.1. The van der Waals surface area contributed by atoms with Gasteiger partial charge >= 0.3 is 0 Å². The van der Waals surface area contributed by atoms with Crippen LogP contribution in [0.1, 0.15) is 28.6 Å². The Morgan fingerprint density at radius 2 is 2.25 bits per heavy atom. The topological polar surface area (TPSA) is 38.9 Å². The zero-order chi connectivity index (χ0) is 11.4. The van der Waals surface area contributed by atoms with Gasteiger partial charge in [0, 0.05) is 22.8 Å². The van der Waals surface area contributed by atoms with Crippen molar-refractivity contribution in [2.75, 3.05) is 0 Å². The van der Waals surface area contributed by atoms with Gasteiger partial charge in [-0.2, -0.15) is 0 Å². The summed E-state index contributed by atoms with van der Waals surface area (Å²) in [5.41, 5.74) is 8.29. The number of hydrogen-bond acceptors (Lipinski definition) is 3. The van der Waals surface area contributed by atoms with E-state index >= 15 is 0 Å². The summed E-state index contributed by atoms with van der Waals surface area (Å²) >= 11 is 1.79. The summed E-state index contributed by atoms with van der Waals surface area (Å²) in [6.07, 6.45) is 3.91. The summed E-state index contributed by atoms with van der Waals surface area (Å²) in [6.45, 7) is 1.99. The van der Waals surface area contributed by atoms with Gasteiger partial charge in [0.15, 0.2) is 0 Å². The predicted octanol–water partition coefficient (Wildman–Crippen LogP) is 3.08. The minimum atomic E-state index is 0.0928. The number of rotatable bonds is 4. The van der Waals surface area contributed by atoms with E-state index in [-0.39, 0.29) is 6.04 Å². The van der Waals surface area contributed by atoms with Gasteiger partial charge < -0.3 is 5.73 Å². The molecule has 84 valence electrons. The number of thiophene rings is 1. The molecule has 0 radical (unpaired) electrons. The van der Waals surface area contributed by atoms with Crippen molar-refractivity contribution in [2.24, 2.45) is 5.73 Å².